The summed E-state index contributed by atoms with van der Waals surface area (Å²) in [5.74, 6) is 0.193. The number of fused-ring (bicyclic) bond motifs is 1. The lowest BCUT2D eigenvalue weighted by Crippen LogP contribution is -2.09. The van der Waals surface area contributed by atoms with Gasteiger partial charge in [-0.25, -0.2) is 4.79 Å². The van der Waals surface area contributed by atoms with Gasteiger partial charge in [0.15, 0.2) is 0 Å². The highest BCUT2D eigenvalue weighted by atomic mass is 16.5. The lowest BCUT2D eigenvalue weighted by molar-refractivity contribution is -0.130. The number of hydrogen-bond donors (Lipinski definition) is 0. The molecule has 0 N–H and O–H groups in total. The van der Waals surface area contributed by atoms with Crippen LogP contribution in [0.1, 0.15) is 18.1 Å². The number of rotatable bonds is 2. The highest BCUT2D eigenvalue weighted by Gasteiger charge is 2.22. The topological polar surface area (TPSA) is 43.4 Å². The highest BCUT2D eigenvalue weighted by molar-refractivity contribution is 5.91. The van der Waals surface area contributed by atoms with Crippen LogP contribution >= 0.6 is 0 Å². The van der Waals surface area contributed by atoms with Crippen molar-refractivity contribution in [3.05, 3.63) is 41.5 Å². The summed E-state index contributed by atoms with van der Waals surface area (Å²) in [6.07, 6.45) is 0.794. The third kappa shape index (κ3) is 1.89. The summed E-state index contributed by atoms with van der Waals surface area (Å²) >= 11 is 0. The number of carbonyl (C=O) groups excluding carboxylic acids is 2. The second kappa shape index (κ2) is 3.93. The smallest absolute Gasteiger partial charge is 0.338 e. The van der Waals surface area contributed by atoms with Crippen molar-refractivity contribution in [1.82, 2.24) is 0 Å². The first-order valence-electron chi connectivity index (χ1n) is 5.08. The van der Waals surface area contributed by atoms with Gasteiger partial charge in [-0.05, 0) is 18.6 Å². The summed E-state index contributed by atoms with van der Waals surface area (Å²) < 4.78 is 5.18. The van der Waals surface area contributed by atoms with Crippen LogP contribution in [0.5, 0.6) is 5.75 Å². The fraction of sp³-hybridized carbons (Fsp3) is 0.231. The first-order chi connectivity index (χ1) is 7.58. The van der Waals surface area contributed by atoms with E-state index in [1.165, 1.54) is 0 Å². The van der Waals surface area contributed by atoms with Crippen LogP contribution in [0, 0.1) is 0 Å². The van der Waals surface area contributed by atoms with Crippen LogP contribution in [0.3, 0.4) is 0 Å². The van der Waals surface area contributed by atoms with E-state index in [1.807, 2.05) is 6.07 Å². The maximum atomic E-state index is 11.4. The summed E-state index contributed by atoms with van der Waals surface area (Å²) in [5, 5.41) is 0. The van der Waals surface area contributed by atoms with E-state index in [0.717, 1.165) is 11.1 Å². The Morgan fingerprint density at radius 1 is 1.38 bits per heavy atom. The van der Waals surface area contributed by atoms with Gasteiger partial charge >= 0.3 is 5.97 Å². The number of benzene rings is 1. The molecule has 0 saturated heterocycles. The van der Waals surface area contributed by atoms with Gasteiger partial charge in [0.05, 0.1) is 0 Å². The van der Waals surface area contributed by atoms with Crippen LogP contribution in [0.4, 0.5) is 0 Å². The second-order valence-electron chi connectivity index (χ2n) is 3.96. The molecule has 0 amide bonds. The third-order valence-electron chi connectivity index (χ3n) is 2.54. The van der Waals surface area contributed by atoms with Crippen molar-refractivity contribution >= 4 is 11.8 Å². The molecule has 1 aromatic rings. The number of ketones is 1. The van der Waals surface area contributed by atoms with Crippen LogP contribution in [-0.2, 0) is 22.4 Å². The van der Waals surface area contributed by atoms with E-state index in [2.05, 4.69) is 6.58 Å². The average molecular weight is 216 g/mol. The third-order valence-corrected chi connectivity index (χ3v) is 2.54. The molecule has 0 fully saturated rings. The summed E-state index contributed by atoms with van der Waals surface area (Å²) in [6, 6.07) is 5.38. The molecule has 0 unspecified atom stereocenters. The molecule has 0 aromatic heterocycles. The molecule has 0 atom stereocenters. The molecule has 0 saturated carbocycles. The molecule has 3 heteroatoms. The van der Waals surface area contributed by atoms with E-state index < -0.39 is 5.97 Å². The summed E-state index contributed by atoms with van der Waals surface area (Å²) in [7, 11) is 0. The van der Waals surface area contributed by atoms with Crippen molar-refractivity contribution < 1.29 is 14.3 Å². The second-order valence-corrected chi connectivity index (χ2v) is 3.96. The summed E-state index contributed by atoms with van der Waals surface area (Å²) in [5.41, 5.74) is 2.14. The SMILES string of the molecule is C=C(C)C(=O)Oc1cccc2c1CC(=O)C2. The number of Topliss-reactive ketones (excluding diaryl/α,β-unsaturated/α-hetero) is 1. The molecule has 0 spiro atoms. The first-order valence-corrected chi connectivity index (χ1v) is 5.08. The minimum Gasteiger partial charge on any atom is -0.423 e. The Labute approximate surface area is 93.7 Å². The van der Waals surface area contributed by atoms with Crippen molar-refractivity contribution in [3.8, 4) is 5.75 Å². The van der Waals surface area contributed by atoms with Gasteiger partial charge in [-0.15, -0.1) is 0 Å². The number of ether oxygens (including phenoxy) is 1. The Bertz CT molecular complexity index is 486. The monoisotopic (exact) mass is 216 g/mol. The van der Waals surface area contributed by atoms with Crippen molar-refractivity contribution in [3.63, 3.8) is 0 Å². The number of carbonyl (C=O) groups is 2. The Morgan fingerprint density at radius 2 is 2.12 bits per heavy atom. The van der Waals surface area contributed by atoms with Crippen LogP contribution in [0.15, 0.2) is 30.4 Å². The maximum Gasteiger partial charge on any atom is 0.338 e. The Balaban J connectivity index is 2.30. The Hall–Kier alpha value is -1.90. The van der Waals surface area contributed by atoms with Crippen molar-refractivity contribution in [2.45, 2.75) is 19.8 Å². The van der Waals surface area contributed by atoms with Crippen LogP contribution in [-0.4, -0.2) is 11.8 Å². The quantitative estimate of drug-likeness (QED) is 0.430. The Morgan fingerprint density at radius 3 is 2.81 bits per heavy atom. The molecule has 82 valence electrons. The van der Waals surface area contributed by atoms with Crippen molar-refractivity contribution in [2.75, 3.05) is 0 Å². The predicted octanol–water partition coefficient (Wildman–Crippen LogP) is 1.84. The van der Waals surface area contributed by atoms with E-state index in [4.69, 9.17) is 4.74 Å². The van der Waals surface area contributed by atoms with Crippen LogP contribution in [0.25, 0.3) is 0 Å². The van der Waals surface area contributed by atoms with Crippen LogP contribution < -0.4 is 4.74 Å². The zero-order chi connectivity index (χ0) is 11.7. The van der Waals surface area contributed by atoms with Gasteiger partial charge < -0.3 is 4.74 Å². The molecule has 0 heterocycles. The molecular formula is C13H12O3. The molecule has 3 nitrogen and oxygen atoms in total. The molecule has 1 aliphatic carbocycles. The van der Waals surface area contributed by atoms with Gasteiger partial charge in [-0.3, -0.25) is 4.79 Å². The van der Waals surface area contributed by atoms with E-state index >= 15 is 0 Å². The predicted molar refractivity (Wildman–Crippen MR) is 59.3 cm³/mol. The Kier molecular flexibility index (Phi) is 2.60. The molecule has 2 rings (SSSR count). The van der Waals surface area contributed by atoms with Gasteiger partial charge in [-0.2, -0.15) is 0 Å². The van der Waals surface area contributed by atoms with Crippen molar-refractivity contribution in [2.24, 2.45) is 0 Å². The minimum absolute atomic E-state index is 0.161. The van der Waals surface area contributed by atoms with Crippen molar-refractivity contribution in [1.29, 1.82) is 0 Å². The molecule has 1 aliphatic rings. The minimum atomic E-state index is -0.451. The van der Waals surface area contributed by atoms with Gasteiger partial charge in [0.1, 0.15) is 11.5 Å². The zero-order valence-corrected chi connectivity index (χ0v) is 9.08. The number of esters is 1. The van der Waals surface area contributed by atoms with Gasteiger partial charge in [0, 0.05) is 24.0 Å². The maximum absolute atomic E-state index is 11.4. The molecule has 0 aliphatic heterocycles. The lowest BCUT2D eigenvalue weighted by atomic mass is 10.1. The first kappa shape index (κ1) is 10.6. The molecule has 0 bridgehead atoms. The van der Waals surface area contributed by atoms with Crippen LogP contribution in [0.2, 0.25) is 0 Å². The van der Waals surface area contributed by atoms with Gasteiger partial charge in [0.25, 0.3) is 0 Å². The summed E-state index contributed by atoms with van der Waals surface area (Å²) in [6.45, 7) is 5.11. The number of hydrogen-bond acceptors (Lipinski definition) is 3. The highest BCUT2D eigenvalue weighted by Crippen LogP contribution is 2.29. The standard InChI is InChI=1S/C13H12O3/c1-8(2)13(15)16-12-5-3-4-9-6-10(14)7-11(9)12/h3-5H,1,6-7H2,2H3. The molecule has 0 radical (unpaired) electrons. The zero-order valence-electron chi connectivity index (χ0n) is 9.08. The van der Waals surface area contributed by atoms with E-state index in [9.17, 15) is 9.59 Å². The fourth-order valence-electron chi connectivity index (χ4n) is 1.73. The molecular weight excluding hydrogens is 204 g/mol. The average Bonchev–Trinajstić information content (AvgIpc) is 2.59. The fourth-order valence-corrected chi connectivity index (χ4v) is 1.73. The molecule has 16 heavy (non-hydrogen) atoms. The molecule has 1 aromatic carbocycles. The lowest BCUT2D eigenvalue weighted by Gasteiger charge is -2.08. The van der Waals surface area contributed by atoms with E-state index in [-0.39, 0.29) is 5.78 Å². The van der Waals surface area contributed by atoms with E-state index in [1.54, 1.807) is 19.1 Å². The normalized spacial score (nSPS) is 13.4. The van der Waals surface area contributed by atoms with Gasteiger partial charge in [0.2, 0.25) is 0 Å². The van der Waals surface area contributed by atoms with Gasteiger partial charge in [-0.1, -0.05) is 18.7 Å². The summed E-state index contributed by atoms with van der Waals surface area (Å²) in [4.78, 5) is 22.7. The van der Waals surface area contributed by atoms with E-state index in [0.29, 0.717) is 24.2 Å². The largest absolute Gasteiger partial charge is 0.423 e.